The second kappa shape index (κ2) is 5.89. The van der Waals surface area contributed by atoms with Crippen molar-refractivity contribution in [2.24, 2.45) is 11.8 Å². The molecule has 0 aliphatic carbocycles. The molecular weight excluding hydrogens is 204 g/mol. The Morgan fingerprint density at radius 2 is 2.27 bits per heavy atom. The fraction of sp³-hybridized carbons (Fsp3) is 0.583. The lowest BCUT2D eigenvalue weighted by atomic mass is 9.97. The average Bonchev–Trinajstić information content (AvgIpc) is 2.66. The summed E-state index contributed by atoms with van der Waals surface area (Å²) in [6.45, 7) is 6.01. The van der Waals surface area contributed by atoms with Crippen LogP contribution in [0.4, 0.5) is 0 Å². The molecule has 1 unspecified atom stereocenters. The largest absolute Gasteiger partial charge is 0.300 e. The van der Waals surface area contributed by atoms with E-state index in [1.165, 1.54) is 4.88 Å². The predicted octanol–water partition coefficient (Wildman–Crippen LogP) is 2.98. The van der Waals surface area contributed by atoms with Crippen LogP contribution in [0.15, 0.2) is 17.5 Å². The summed E-state index contributed by atoms with van der Waals surface area (Å²) in [5, 5.41) is 11.1. The van der Waals surface area contributed by atoms with E-state index in [1.54, 1.807) is 11.3 Å². The maximum absolute atomic E-state index is 9.00. The zero-order chi connectivity index (χ0) is 11.3. The summed E-state index contributed by atoms with van der Waals surface area (Å²) in [4.78, 5) is 3.58. The highest BCUT2D eigenvalue weighted by Crippen LogP contribution is 2.15. The molecule has 0 aliphatic heterocycles. The lowest BCUT2D eigenvalue weighted by Crippen LogP contribution is -2.27. The third-order valence-electron chi connectivity index (χ3n) is 2.48. The first-order chi connectivity index (χ1) is 7.13. The highest BCUT2D eigenvalue weighted by Gasteiger charge is 2.14. The molecule has 0 radical (unpaired) electrons. The molecule has 0 bridgehead atoms. The second-order valence-electron chi connectivity index (χ2n) is 4.26. The Kier molecular flexibility index (Phi) is 4.80. The van der Waals surface area contributed by atoms with Gasteiger partial charge in [-0.1, -0.05) is 19.9 Å². The summed E-state index contributed by atoms with van der Waals surface area (Å²) < 4.78 is 0. The minimum atomic E-state index is 0.134. The Labute approximate surface area is 96.1 Å². The molecule has 0 aliphatic rings. The SMILES string of the molecule is CC(C)C(C#N)CN(C)Cc1cccs1. The van der Waals surface area contributed by atoms with E-state index in [9.17, 15) is 0 Å². The molecule has 3 heteroatoms. The van der Waals surface area contributed by atoms with E-state index in [0.717, 1.165) is 13.1 Å². The summed E-state index contributed by atoms with van der Waals surface area (Å²) in [5.41, 5.74) is 0. The Morgan fingerprint density at radius 3 is 2.73 bits per heavy atom. The van der Waals surface area contributed by atoms with Gasteiger partial charge >= 0.3 is 0 Å². The first-order valence-electron chi connectivity index (χ1n) is 5.24. The van der Waals surface area contributed by atoms with Crippen molar-refractivity contribution < 1.29 is 0 Å². The maximum Gasteiger partial charge on any atom is 0.0672 e. The van der Waals surface area contributed by atoms with Gasteiger partial charge in [0.15, 0.2) is 0 Å². The molecule has 0 N–H and O–H groups in total. The molecule has 0 saturated carbocycles. The normalized spacial score (nSPS) is 13.1. The van der Waals surface area contributed by atoms with Gasteiger partial charge in [-0.15, -0.1) is 11.3 Å². The van der Waals surface area contributed by atoms with Gasteiger partial charge in [0.1, 0.15) is 0 Å². The zero-order valence-corrected chi connectivity index (χ0v) is 10.4. The van der Waals surface area contributed by atoms with Crippen molar-refractivity contribution in [3.05, 3.63) is 22.4 Å². The fourth-order valence-electron chi connectivity index (χ4n) is 1.47. The minimum Gasteiger partial charge on any atom is -0.300 e. The van der Waals surface area contributed by atoms with Gasteiger partial charge in [-0.2, -0.15) is 5.26 Å². The smallest absolute Gasteiger partial charge is 0.0672 e. The van der Waals surface area contributed by atoms with Crippen LogP contribution in [0.3, 0.4) is 0 Å². The van der Waals surface area contributed by atoms with E-state index in [2.05, 4.69) is 49.4 Å². The number of hydrogen-bond acceptors (Lipinski definition) is 3. The van der Waals surface area contributed by atoms with E-state index in [4.69, 9.17) is 5.26 Å². The maximum atomic E-state index is 9.00. The topological polar surface area (TPSA) is 27.0 Å². The van der Waals surface area contributed by atoms with Crippen LogP contribution in [0.5, 0.6) is 0 Å². The molecule has 0 spiro atoms. The summed E-state index contributed by atoms with van der Waals surface area (Å²) in [6.07, 6.45) is 0. The molecule has 0 amide bonds. The van der Waals surface area contributed by atoms with Crippen molar-refractivity contribution >= 4 is 11.3 Å². The van der Waals surface area contributed by atoms with Gasteiger partial charge in [0.25, 0.3) is 0 Å². The van der Waals surface area contributed by atoms with E-state index in [0.29, 0.717) is 5.92 Å². The zero-order valence-electron chi connectivity index (χ0n) is 9.60. The average molecular weight is 222 g/mol. The second-order valence-corrected chi connectivity index (χ2v) is 5.29. The molecular formula is C12H18N2S. The summed E-state index contributed by atoms with van der Waals surface area (Å²) in [7, 11) is 2.08. The van der Waals surface area contributed by atoms with Crippen LogP contribution in [-0.2, 0) is 6.54 Å². The van der Waals surface area contributed by atoms with Gasteiger partial charge < -0.3 is 0 Å². The minimum absolute atomic E-state index is 0.134. The van der Waals surface area contributed by atoms with Crippen LogP contribution >= 0.6 is 11.3 Å². The highest BCUT2D eigenvalue weighted by atomic mass is 32.1. The number of thiophene rings is 1. The van der Waals surface area contributed by atoms with Crippen molar-refractivity contribution in [3.63, 3.8) is 0 Å². The van der Waals surface area contributed by atoms with E-state index < -0.39 is 0 Å². The van der Waals surface area contributed by atoms with E-state index in [1.807, 2.05) is 0 Å². The Bertz CT molecular complexity index is 311. The molecule has 1 aromatic rings. The lowest BCUT2D eigenvalue weighted by Gasteiger charge is -2.21. The van der Waals surface area contributed by atoms with Crippen LogP contribution in [0.25, 0.3) is 0 Å². The van der Waals surface area contributed by atoms with Gasteiger partial charge in [-0.25, -0.2) is 0 Å². The third kappa shape index (κ3) is 4.03. The molecule has 1 heterocycles. The van der Waals surface area contributed by atoms with Crippen LogP contribution < -0.4 is 0 Å². The first kappa shape index (κ1) is 12.2. The van der Waals surface area contributed by atoms with Crippen LogP contribution in [-0.4, -0.2) is 18.5 Å². The first-order valence-corrected chi connectivity index (χ1v) is 6.12. The van der Waals surface area contributed by atoms with Gasteiger partial charge in [0.2, 0.25) is 0 Å². The number of rotatable bonds is 5. The Hall–Kier alpha value is -0.850. The van der Waals surface area contributed by atoms with Crippen molar-refractivity contribution in [1.82, 2.24) is 4.90 Å². The molecule has 1 rings (SSSR count). The Morgan fingerprint density at radius 1 is 1.53 bits per heavy atom. The fourth-order valence-corrected chi connectivity index (χ4v) is 2.25. The monoisotopic (exact) mass is 222 g/mol. The summed E-state index contributed by atoms with van der Waals surface area (Å²) >= 11 is 1.77. The predicted molar refractivity (Wildman–Crippen MR) is 64.6 cm³/mol. The quantitative estimate of drug-likeness (QED) is 0.766. The van der Waals surface area contributed by atoms with Crippen molar-refractivity contribution in [1.29, 1.82) is 5.26 Å². The molecule has 82 valence electrons. The molecule has 1 aromatic heterocycles. The van der Waals surface area contributed by atoms with Gasteiger partial charge in [-0.05, 0) is 24.4 Å². The third-order valence-corrected chi connectivity index (χ3v) is 3.35. The molecule has 0 fully saturated rings. The lowest BCUT2D eigenvalue weighted by molar-refractivity contribution is 0.267. The van der Waals surface area contributed by atoms with Crippen molar-refractivity contribution in [2.45, 2.75) is 20.4 Å². The standard InChI is InChI=1S/C12H18N2S/c1-10(2)11(7-13)8-14(3)9-12-5-4-6-15-12/h4-6,10-11H,8-9H2,1-3H3. The summed E-state index contributed by atoms with van der Waals surface area (Å²) in [6, 6.07) is 6.58. The van der Waals surface area contributed by atoms with Gasteiger partial charge in [0, 0.05) is 18.0 Å². The van der Waals surface area contributed by atoms with Gasteiger partial charge in [0.05, 0.1) is 12.0 Å². The van der Waals surface area contributed by atoms with Crippen LogP contribution in [0, 0.1) is 23.2 Å². The Balaban J connectivity index is 2.42. The van der Waals surface area contributed by atoms with Crippen molar-refractivity contribution in [2.75, 3.05) is 13.6 Å². The number of nitriles is 1. The van der Waals surface area contributed by atoms with E-state index in [-0.39, 0.29) is 5.92 Å². The molecule has 15 heavy (non-hydrogen) atoms. The molecule has 0 saturated heterocycles. The van der Waals surface area contributed by atoms with Crippen LogP contribution in [0.2, 0.25) is 0 Å². The molecule has 0 aromatic carbocycles. The highest BCUT2D eigenvalue weighted by molar-refractivity contribution is 7.09. The van der Waals surface area contributed by atoms with Gasteiger partial charge in [-0.3, -0.25) is 4.90 Å². The van der Waals surface area contributed by atoms with Crippen molar-refractivity contribution in [3.8, 4) is 6.07 Å². The number of hydrogen-bond donors (Lipinski definition) is 0. The number of nitrogens with zero attached hydrogens (tertiary/aromatic N) is 2. The summed E-state index contributed by atoms with van der Waals surface area (Å²) in [5.74, 6) is 0.566. The van der Waals surface area contributed by atoms with Crippen LogP contribution in [0.1, 0.15) is 18.7 Å². The van der Waals surface area contributed by atoms with E-state index >= 15 is 0 Å². The molecule has 1 atom stereocenters. The molecule has 2 nitrogen and oxygen atoms in total.